The fraction of sp³-hybridized carbons (Fsp3) is 0.312. The predicted octanol–water partition coefficient (Wildman–Crippen LogP) is 3.25. The lowest BCUT2D eigenvalue weighted by atomic mass is 10.1. The number of nitrogens with zero attached hydrogens (tertiary/aromatic N) is 3. The van der Waals surface area contributed by atoms with E-state index in [1.807, 2.05) is 19.2 Å². The maximum atomic E-state index is 10.9. The van der Waals surface area contributed by atoms with Gasteiger partial charge in [-0.15, -0.1) is 5.10 Å². The molecule has 1 aromatic carbocycles. The summed E-state index contributed by atoms with van der Waals surface area (Å²) in [6.07, 6.45) is 2.59. The number of nitrogens with one attached hydrogen (secondary N) is 2. The van der Waals surface area contributed by atoms with Crippen LogP contribution in [0.15, 0.2) is 18.3 Å². The van der Waals surface area contributed by atoms with Gasteiger partial charge in [0.05, 0.1) is 17.8 Å². The van der Waals surface area contributed by atoms with E-state index in [0.717, 1.165) is 34.3 Å². The van der Waals surface area contributed by atoms with Crippen molar-refractivity contribution >= 4 is 40.0 Å². The summed E-state index contributed by atoms with van der Waals surface area (Å²) < 4.78 is 1.76. The van der Waals surface area contributed by atoms with Crippen molar-refractivity contribution < 1.29 is 4.79 Å². The zero-order valence-electron chi connectivity index (χ0n) is 13.4. The molecule has 6 nitrogen and oxygen atoms in total. The summed E-state index contributed by atoms with van der Waals surface area (Å²) in [5, 5.41) is 13.1. The number of aromatic nitrogens is 4. The van der Waals surface area contributed by atoms with Gasteiger partial charge in [0.25, 0.3) is 0 Å². The number of carbonyl (C=O) groups is 1. The average Bonchev–Trinajstić information content (AvgIpc) is 3.07. The normalized spacial score (nSPS) is 11.2. The third kappa shape index (κ3) is 3.55. The van der Waals surface area contributed by atoms with Gasteiger partial charge in [-0.1, -0.05) is 28.4 Å². The van der Waals surface area contributed by atoms with Crippen molar-refractivity contribution in [1.29, 1.82) is 0 Å². The van der Waals surface area contributed by atoms with Crippen molar-refractivity contribution in [3.63, 3.8) is 0 Å². The highest BCUT2D eigenvalue weighted by atomic mass is 35.5. The van der Waals surface area contributed by atoms with Gasteiger partial charge in [-0.05, 0) is 31.0 Å². The summed E-state index contributed by atoms with van der Waals surface area (Å²) in [7, 11) is 0. The molecule has 0 aliphatic rings. The van der Waals surface area contributed by atoms with Crippen LogP contribution >= 0.6 is 23.2 Å². The first kappa shape index (κ1) is 16.8. The van der Waals surface area contributed by atoms with Crippen LogP contribution in [0.5, 0.6) is 0 Å². The van der Waals surface area contributed by atoms with Crippen LogP contribution in [0, 0.1) is 6.92 Å². The second-order valence-corrected chi connectivity index (χ2v) is 6.52. The van der Waals surface area contributed by atoms with Crippen molar-refractivity contribution in [2.45, 2.75) is 33.4 Å². The minimum atomic E-state index is -0.0905. The summed E-state index contributed by atoms with van der Waals surface area (Å²) >= 11 is 12.4. The molecule has 0 saturated carbocycles. The molecule has 0 aliphatic heterocycles. The van der Waals surface area contributed by atoms with Crippen LogP contribution in [-0.4, -0.2) is 25.9 Å². The molecule has 126 valence electrons. The first-order valence-electron chi connectivity index (χ1n) is 7.53. The first-order valence-corrected chi connectivity index (χ1v) is 8.29. The summed E-state index contributed by atoms with van der Waals surface area (Å²) in [6.45, 7) is 4.54. The van der Waals surface area contributed by atoms with Gasteiger partial charge in [-0.3, -0.25) is 9.48 Å². The van der Waals surface area contributed by atoms with E-state index in [1.165, 1.54) is 6.92 Å². The number of halogens is 2. The third-order valence-electron chi connectivity index (χ3n) is 3.83. The molecular formula is C16H17Cl2N5O. The molecule has 0 fully saturated rings. The Morgan fingerprint density at radius 1 is 1.38 bits per heavy atom. The van der Waals surface area contributed by atoms with E-state index < -0.39 is 0 Å². The molecule has 1 amide bonds. The molecule has 8 heteroatoms. The number of H-pyrrole nitrogens is 1. The van der Waals surface area contributed by atoms with Crippen LogP contribution in [0.3, 0.4) is 0 Å². The second-order valence-electron chi connectivity index (χ2n) is 5.67. The van der Waals surface area contributed by atoms with E-state index in [4.69, 9.17) is 23.2 Å². The molecule has 3 aromatic rings. The number of rotatable bonds is 5. The van der Waals surface area contributed by atoms with E-state index >= 15 is 0 Å². The number of hydrogen-bond donors (Lipinski definition) is 2. The molecule has 0 radical (unpaired) electrons. The molecular weight excluding hydrogens is 349 g/mol. The van der Waals surface area contributed by atoms with E-state index in [2.05, 4.69) is 20.6 Å². The number of benzene rings is 1. The lowest BCUT2D eigenvalue weighted by Crippen LogP contribution is -2.19. The van der Waals surface area contributed by atoms with Gasteiger partial charge >= 0.3 is 0 Å². The number of carbonyl (C=O) groups excluding carboxylic acids is 1. The Hall–Kier alpha value is -2.05. The van der Waals surface area contributed by atoms with Crippen LogP contribution < -0.4 is 5.32 Å². The van der Waals surface area contributed by atoms with Gasteiger partial charge in [0.2, 0.25) is 5.91 Å². The van der Waals surface area contributed by atoms with Gasteiger partial charge in [0, 0.05) is 35.1 Å². The highest BCUT2D eigenvalue weighted by Gasteiger charge is 2.13. The molecule has 3 rings (SSSR count). The maximum absolute atomic E-state index is 10.9. The zero-order valence-corrected chi connectivity index (χ0v) is 14.9. The Kier molecular flexibility index (Phi) is 4.78. The molecule has 0 aliphatic carbocycles. The Bertz CT molecular complexity index is 899. The highest BCUT2D eigenvalue weighted by molar-refractivity contribution is 6.38. The standard InChI is InChI=1S/C16H17Cl2N5O/c1-9-13(16-14(18)5-11(17)6-15(16)20-9)3-4-23-8-12(21-22-23)7-19-10(2)24/h5-6,8,20H,3-4,7H2,1-2H3,(H,19,24). The van der Waals surface area contributed by atoms with E-state index in [1.54, 1.807) is 10.7 Å². The van der Waals surface area contributed by atoms with Crippen molar-refractivity contribution in [1.82, 2.24) is 25.3 Å². The smallest absolute Gasteiger partial charge is 0.217 e. The van der Waals surface area contributed by atoms with E-state index in [0.29, 0.717) is 23.1 Å². The van der Waals surface area contributed by atoms with Crippen molar-refractivity contribution in [3.05, 3.63) is 45.3 Å². The zero-order chi connectivity index (χ0) is 17.3. The summed E-state index contributed by atoms with van der Waals surface area (Å²) in [5.41, 5.74) is 3.87. The number of aryl methyl sites for hydroxylation is 3. The Morgan fingerprint density at radius 3 is 2.92 bits per heavy atom. The number of amides is 1. The first-order chi connectivity index (χ1) is 11.4. The fourth-order valence-corrected chi connectivity index (χ4v) is 3.33. The molecule has 0 saturated heterocycles. The minimum Gasteiger partial charge on any atom is -0.358 e. The van der Waals surface area contributed by atoms with Gasteiger partial charge < -0.3 is 10.3 Å². The minimum absolute atomic E-state index is 0.0905. The van der Waals surface area contributed by atoms with Crippen molar-refractivity contribution in [2.75, 3.05) is 0 Å². The Labute approximate surface area is 149 Å². The lowest BCUT2D eigenvalue weighted by Gasteiger charge is -2.04. The van der Waals surface area contributed by atoms with Crippen LogP contribution in [-0.2, 0) is 24.3 Å². The van der Waals surface area contributed by atoms with Crippen LogP contribution in [0.25, 0.3) is 10.9 Å². The lowest BCUT2D eigenvalue weighted by molar-refractivity contribution is -0.119. The SMILES string of the molecule is CC(=O)NCc1cn(CCc2c(C)[nH]c3cc(Cl)cc(Cl)c23)nn1. The number of fused-ring (bicyclic) bond motifs is 1. The second kappa shape index (κ2) is 6.83. The molecule has 2 N–H and O–H groups in total. The molecule has 2 heterocycles. The maximum Gasteiger partial charge on any atom is 0.217 e. The third-order valence-corrected chi connectivity index (χ3v) is 4.34. The number of aromatic amines is 1. The van der Waals surface area contributed by atoms with Gasteiger partial charge in [-0.25, -0.2) is 0 Å². The summed E-state index contributed by atoms with van der Waals surface area (Å²) in [6, 6.07) is 3.63. The van der Waals surface area contributed by atoms with Crippen LogP contribution in [0.4, 0.5) is 0 Å². The fourth-order valence-electron chi connectivity index (χ4n) is 2.73. The molecule has 0 spiro atoms. The molecule has 24 heavy (non-hydrogen) atoms. The van der Waals surface area contributed by atoms with Crippen molar-refractivity contribution in [3.8, 4) is 0 Å². The summed E-state index contributed by atoms with van der Waals surface area (Å²) in [5.74, 6) is -0.0905. The Balaban J connectivity index is 1.76. The van der Waals surface area contributed by atoms with E-state index in [9.17, 15) is 4.79 Å². The quantitative estimate of drug-likeness (QED) is 0.728. The van der Waals surface area contributed by atoms with E-state index in [-0.39, 0.29) is 5.91 Å². The Morgan fingerprint density at radius 2 is 2.17 bits per heavy atom. The van der Waals surface area contributed by atoms with Gasteiger partial charge in [0.1, 0.15) is 5.69 Å². The number of hydrogen-bond acceptors (Lipinski definition) is 3. The molecule has 2 aromatic heterocycles. The average molecular weight is 366 g/mol. The van der Waals surface area contributed by atoms with Crippen molar-refractivity contribution in [2.24, 2.45) is 0 Å². The van der Waals surface area contributed by atoms with Gasteiger partial charge in [0.15, 0.2) is 0 Å². The van der Waals surface area contributed by atoms with Gasteiger partial charge in [-0.2, -0.15) is 0 Å². The molecule has 0 atom stereocenters. The predicted molar refractivity (Wildman–Crippen MR) is 94.3 cm³/mol. The molecule has 0 unspecified atom stereocenters. The monoisotopic (exact) mass is 365 g/mol. The largest absolute Gasteiger partial charge is 0.358 e. The topological polar surface area (TPSA) is 75.6 Å². The molecule has 0 bridgehead atoms. The highest BCUT2D eigenvalue weighted by Crippen LogP contribution is 2.32. The van der Waals surface area contributed by atoms with Crippen LogP contribution in [0.1, 0.15) is 23.9 Å². The summed E-state index contributed by atoms with van der Waals surface area (Å²) in [4.78, 5) is 14.3. The van der Waals surface area contributed by atoms with Crippen LogP contribution in [0.2, 0.25) is 10.0 Å².